The molecule has 0 unspecified atom stereocenters. The van der Waals surface area contributed by atoms with E-state index in [0.717, 1.165) is 10.9 Å². The maximum atomic E-state index is 12.4. The van der Waals surface area contributed by atoms with Gasteiger partial charge in [0.15, 0.2) is 0 Å². The third kappa shape index (κ3) is 2.13. The van der Waals surface area contributed by atoms with Gasteiger partial charge >= 0.3 is 0 Å². The fraction of sp³-hybridized carbons (Fsp3) is 0.333. The Balaban J connectivity index is 1.93. The van der Waals surface area contributed by atoms with Crippen LogP contribution < -0.4 is 5.32 Å². The molecule has 1 aromatic carbocycles. The standard InChI is InChI=1S/C15H16N2O2S/c1-15(2)14(19)17(13(18)7-16-15)8-10-9-20-12-6-4-3-5-11(10)12/h3-6,9,16H,7-8H2,1-2H3. The Morgan fingerprint density at radius 2 is 2.05 bits per heavy atom. The van der Waals surface area contributed by atoms with Crippen molar-refractivity contribution < 1.29 is 9.59 Å². The summed E-state index contributed by atoms with van der Waals surface area (Å²) >= 11 is 1.64. The van der Waals surface area contributed by atoms with Gasteiger partial charge in [-0.05, 0) is 36.2 Å². The van der Waals surface area contributed by atoms with Crippen molar-refractivity contribution in [3.8, 4) is 0 Å². The number of benzene rings is 1. The first-order valence-electron chi connectivity index (χ1n) is 6.54. The van der Waals surface area contributed by atoms with Crippen LogP contribution in [-0.4, -0.2) is 28.8 Å². The lowest BCUT2D eigenvalue weighted by molar-refractivity contribution is -0.153. The van der Waals surface area contributed by atoms with E-state index in [9.17, 15) is 9.59 Å². The molecule has 1 N–H and O–H groups in total. The largest absolute Gasteiger partial charge is 0.295 e. The van der Waals surface area contributed by atoms with Crippen molar-refractivity contribution in [2.45, 2.75) is 25.9 Å². The Labute approximate surface area is 121 Å². The Morgan fingerprint density at radius 1 is 1.30 bits per heavy atom. The average Bonchev–Trinajstić information content (AvgIpc) is 2.83. The molecule has 1 aliphatic heterocycles. The highest BCUT2D eigenvalue weighted by Crippen LogP contribution is 2.27. The van der Waals surface area contributed by atoms with Gasteiger partial charge in [-0.15, -0.1) is 11.3 Å². The number of nitrogens with zero attached hydrogens (tertiary/aromatic N) is 1. The van der Waals surface area contributed by atoms with E-state index in [1.807, 2.05) is 23.6 Å². The first kappa shape index (κ1) is 13.3. The van der Waals surface area contributed by atoms with E-state index < -0.39 is 5.54 Å². The quantitative estimate of drug-likeness (QED) is 0.861. The lowest BCUT2D eigenvalue weighted by atomic mass is 10.00. The number of hydrogen-bond acceptors (Lipinski definition) is 4. The molecule has 0 spiro atoms. The molecule has 0 saturated carbocycles. The van der Waals surface area contributed by atoms with Crippen LogP contribution in [0, 0.1) is 0 Å². The van der Waals surface area contributed by atoms with Crippen LogP contribution in [0.1, 0.15) is 19.4 Å². The van der Waals surface area contributed by atoms with Gasteiger partial charge in [-0.1, -0.05) is 18.2 Å². The topological polar surface area (TPSA) is 49.4 Å². The molecule has 3 rings (SSSR count). The monoisotopic (exact) mass is 288 g/mol. The van der Waals surface area contributed by atoms with E-state index in [1.165, 1.54) is 9.60 Å². The summed E-state index contributed by atoms with van der Waals surface area (Å²) in [7, 11) is 0. The summed E-state index contributed by atoms with van der Waals surface area (Å²) in [6.07, 6.45) is 0. The van der Waals surface area contributed by atoms with E-state index in [-0.39, 0.29) is 18.4 Å². The molecule has 20 heavy (non-hydrogen) atoms. The van der Waals surface area contributed by atoms with E-state index >= 15 is 0 Å². The van der Waals surface area contributed by atoms with Crippen molar-refractivity contribution >= 4 is 33.2 Å². The molecule has 2 amide bonds. The third-order valence-electron chi connectivity index (χ3n) is 3.65. The van der Waals surface area contributed by atoms with Crippen molar-refractivity contribution in [1.82, 2.24) is 10.2 Å². The smallest absolute Gasteiger partial charge is 0.249 e. The highest BCUT2D eigenvalue weighted by molar-refractivity contribution is 7.17. The van der Waals surface area contributed by atoms with Gasteiger partial charge in [-0.3, -0.25) is 19.8 Å². The van der Waals surface area contributed by atoms with Crippen LogP contribution in [0.25, 0.3) is 10.1 Å². The summed E-state index contributed by atoms with van der Waals surface area (Å²) in [6, 6.07) is 8.05. The molecule has 0 bridgehead atoms. The van der Waals surface area contributed by atoms with Crippen LogP contribution >= 0.6 is 11.3 Å². The van der Waals surface area contributed by atoms with E-state index in [0.29, 0.717) is 6.54 Å². The summed E-state index contributed by atoms with van der Waals surface area (Å²) in [6.45, 7) is 4.18. The Kier molecular flexibility index (Phi) is 3.11. The summed E-state index contributed by atoms with van der Waals surface area (Å²) in [5.41, 5.74) is 0.352. The van der Waals surface area contributed by atoms with Gasteiger partial charge in [0.05, 0.1) is 18.6 Å². The number of fused-ring (bicyclic) bond motifs is 1. The minimum atomic E-state index is -0.681. The molecule has 5 heteroatoms. The summed E-state index contributed by atoms with van der Waals surface area (Å²) in [5, 5.41) is 6.11. The Bertz CT molecular complexity index is 690. The van der Waals surface area contributed by atoms with E-state index in [4.69, 9.17) is 0 Å². The highest BCUT2D eigenvalue weighted by atomic mass is 32.1. The molecule has 0 atom stereocenters. The number of amides is 2. The first-order chi connectivity index (χ1) is 9.49. The molecule has 0 aliphatic carbocycles. The number of imide groups is 1. The molecule has 4 nitrogen and oxygen atoms in total. The molecule has 1 fully saturated rings. The van der Waals surface area contributed by atoms with Crippen LogP contribution in [0.2, 0.25) is 0 Å². The van der Waals surface area contributed by atoms with Gasteiger partial charge in [-0.2, -0.15) is 0 Å². The maximum absolute atomic E-state index is 12.4. The zero-order valence-corrected chi connectivity index (χ0v) is 12.3. The molecule has 104 valence electrons. The lowest BCUT2D eigenvalue weighted by Crippen LogP contribution is -2.63. The minimum Gasteiger partial charge on any atom is -0.295 e. The molecule has 1 aromatic heterocycles. The summed E-state index contributed by atoms with van der Waals surface area (Å²) < 4.78 is 1.18. The molecular formula is C15H16N2O2S. The Hall–Kier alpha value is -1.72. The average molecular weight is 288 g/mol. The fourth-order valence-corrected chi connectivity index (χ4v) is 3.36. The molecule has 0 radical (unpaired) electrons. The predicted octanol–water partition coefficient (Wildman–Crippen LogP) is 2.14. The van der Waals surface area contributed by atoms with Gasteiger partial charge in [0.25, 0.3) is 0 Å². The third-order valence-corrected chi connectivity index (χ3v) is 4.66. The zero-order chi connectivity index (χ0) is 14.3. The SMILES string of the molecule is CC1(C)NCC(=O)N(Cc2csc3ccccc23)C1=O. The molecular weight excluding hydrogens is 272 g/mol. The minimum absolute atomic E-state index is 0.162. The fourth-order valence-electron chi connectivity index (χ4n) is 2.40. The molecule has 2 aromatic rings. The summed E-state index contributed by atoms with van der Waals surface area (Å²) in [5.74, 6) is -0.325. The lowest BCUT2D eigenvalue weighted by Gasteiger charge is -2.36. The van der Waals surface area contributed by atoms with Crippen molar-refractivity contribution in [1.29, 1.82) is 0 Å². The second kappa shape index (κ2) is 4.68. The normalized spacial score (nSPS) is 18.8. The second-order valence-corrected chi connectivity index (χ2v) is 6.43. The van der Waals surface area contributed by atoms with E-state index in [2.05, 4.69) is 11.4 Å². The summed E-state index contributed by atoms with van der Waals surface area (Å²) in [4.78, 5) is 25.7. The zero-order valence-electron chi connectivity index (χ0n) is 11.5. The van der Waals surface area contributed by atoms with Gasteiger partial charge in [0.1, 0.15) is 0 Å². The first-order valence-corrected chi connectivity index (χ1v) is 7.42. The number of nitrogens with one attached hydrogen (secondary N) is 1. The molecule has 1 saturated heterocycles. The van der Waals surface area contributed by atoms with Gasteiger partial charge in [0, 0.05) is 4.70 Å². The number of thiophene rings is 1. The number of hydrogen-bond donors (Lipinski definition) is 1. The Morgan fingerprint density at radius 3 is 2.85 bits per heavy atom. The van der Waals surface area contributed by atoms with Gasteiger partial charge in [0.2, 0.25) is 11.8 Å². The van der Waals surface area contributed by atoms with Crippen molar-refractivity contribution in [2.75, 3.05) is 6.54 Å². The maximum Gasteiger partial charge on any atom is 0.249 e. The van der Waals surface area contributed by atoms with Gasteiger partial charge < -0.3 is 0 Å². The van der Waals surface area contributed by atoms with Crippen LogP contribution in [0.15, 0.2) is 29.6 Å². The molecule has 1 aliphatic rings. The van der Waals surface area contributed by atoms with Crippen LogP contribution in [0.5, 0.6) is 0 Å². The predicted molar refractivity (Wildman–Crippen MR) is 79.5 cm³/mol. The van der Waals surface area contributed by atoms with Crippen LogP contribution in [-0.2, 0) is 16.1 Å². The van der Waals surface area contributed by atoms with Crippen LogP contribution in [0.4, 0.5) is 0 Å². The number of rotatable bonds is 2. The van der Waals surface area contributed by atoms with Crippen molar-refractivity contribution in [3.63, 3.8) is 0 Å². The second-order valence-electron chi connectivity index (χ2n) is 5.52. The number of carbonyl (C=O) groups excluding carboxylic acids is 2. The van der Waals surface area contributed by atoms with E-state index in [1.54, 1.807) is 25.2 Å². The number of piperazine rings is 1. The molecule has 2 heterocycles. The number of carbonyl (C=O) groups is 2. The highest BCUT2D eigenvalue weighted by Gasteiger charge is 2.39. The van der Waals surface area contributed by atoms with Crippen LogP contribution in [0.3, 0.4) is 0 Å². The van der Waals surface area contributed by atoms with Gasteiger partial charge in [-0.25, -0.2) is 0 Å². The van der Waals surface area contributed by atoms with Crippen molar-refractivity contribution in [3.05, 3.63) is 35.2 Å². The van der Waals surface area contributed by atoms with Crippen molar-refractivity contribution in [2.24, 2.45) is 0 Å².